The first-order valence-corrected chi connectivity index (χ1v) is 6.61. The third-order valence-electron chi connectivity index (χ3n) is 3.31. The normalized spacial score (nSPS) is 20.6. The van der Waals surface area contributed by atoms with Crippen molar-refractivity contribution in [3.63, 3.8) is 0 Å². The molecule has 0 amide bonds. The summed E-state index contributed by atoms with van der Waals surface area (Å²) >= 11 is 0. The molecule has 1 N–H and O–H groups in total. The minimum atomic E-state index is -2.58. The Morgan fingerprint density at radius 1 is 1.20 bits per heavy atom. The first-order valence-electron chi connectivity index (χ1n) is 6.61. The van der Waals surface area contributed by atoms with Gasteiger partial charge in [0.1, 0.15) is 24.3 Å². The van der Waals surface area contributed by atoms with Crippen LogP contribution in [-0.4, -0.2) is 48.3 Å². The summed E-state index contributed by atoms with van der Waals surface area (Å²) in [7, 11) is 0. The fourth-order valence-electron chi connectivity index (χ4n) is 2.14. The topological polar surface area (TPSA) is 32.7 Å². The van der Waals surface area contributed by atoms with Crippen molar-refractivity contribution in [1.82, 2.24) is 4.90 Å². The maximum absolute atomic E-state index is 13.0. The van der Waals surface area contributed by atoms with E-state index >= 15 is 0 Å². The van der Waals surface area contributed by atoms with Gasteiger partial charge in [-0.2, -0.15) is 0 Å². The van der Waals surface area contributed by atoms with E-state index in [0.29, 0.717) is 12.3 Å². The van der Waals surface area contributed by atoms with Crippen LogP contribution >= 0.6 is 0 Å². The van der Waals surface area contributed by atoms with Crippen molar-refractivity contribution in [3.8, 4) is 5.75 Å². The highest BCUT2D eigenvalue weighted by Gasteiger charge is 2.34. The van der Waals surface area contributed by atoms with Crippen molar-refractivity contribution >= 4 is 0 Å². The fraction of sp³-hybridized carbons (Fsp3) is 0.571. The van der Waals surface area contributed by atoms with E-state index in [4.69, 9.17) is 4.74 Å². The molecule has 1 aliphatic rings. The monoisotopic (exact) mass is 289 g/mol. The molecule has 0 spiro atoms. The number of ether oxygens (including phenoxy) is 1. The van der Waals surface area contributed by atoms with E-state index in [-0.39, 0.29) is 38.4 Å². The lowest BCUT2D eigenvalue weighted by Gasteiger charge is -2.32. The van der Waals surface area contributed by atoms with E-state index in [1.54, 1.807) is 4.90 Å². The lowest BCUT2D eigenvalue weighted by atomic mass is 10.1. The number of hydrogen-bond acceptors (Lipinski definition) is 3. The molecule has 0 aliphatic carbocycles. The quantitative estimate of drug-likeness (QED) is 0.903. The number of rotatable bonds is 5. The van der Waals surface area contributed by atoms with Gasteiger partial charge in [0.2, 0.25) is 0 Å². The number of piperidine rings is 1. The number of aliphatic hydroxyl groups is 1. The summed E-state index contributed by atoms with van der Waals surface area (Å²) in [5.41, 5.74) is 0. The average Bonchev–Trinajstić information content (AvgIpc) is 2.41. The Hall–Kier alpha value is -1.27. The molecule has 1 aliphatic heterocycles. The standard InChI is InChI=1S/C14H18F3NO2/c15-11-1-3-13(4-2-11)20-10-12(19)9-18-7-5-14(16,17)6-8-18/h1-4,12,19H,5-10H2/t12-/m1/s1. The van der Waals surface area contributed by atoms with Crippen LogP contribution in [0, 0.1) is 5.82 Å². The molecular weight excluding hydrogens is 271 g/mol. The number of likely N-dealkylation sites (tertiary alicyclic amines) is 1. The van der Waals surface area contributed by atoms with Crippen molar-refractivity contribution in [2.75, 3.05) is 26.2 Å². The fourth-order valence-corrected chi connectivity index (χ4v) is 2.14. The largest absolute Gasteiger partial charge is 0.491 e. The molecule has 0 radical (unpaired) electrons. The van der Waals surface area contributed by atoms with Gasteiger partial charge in [0.15, 0.2) is 0 Å². The van der Waals surface area contributed by atoms with Gasteiger partial charge < -0.3 is 14.7 Å². The Morgan fingerprint density at radius 3 is 2.40 bits per heavy atom. The van der Waals surface area contributed by atoms with Crippen LogP contribution in [0.3, 0.4) is 0 Å². The zero-order valence-corrected chi connectivity index (χ0v) is 11.1. The first-order chi connectivity index (χ1) is 9.44. The zero-order chi connectivity index (χ0) is 14.6. The van der Waals surface area contributed by atoms with Crippen molar-refractivity contribution in [2.24, 2.45) is 0 Å². The molecule has 1 aromatic carbocycles. The van der Waals surface area contributed by atoms with Crippen LogP contribution in [0.4, 0.5) is 13.2 Å². The van der Waals surface area contributed by atoms with Crippen molar-refractivity contribution in [3.05, 3.63) is 30.1 Å². The SMILES string of the molecule is O[C@@H](COc1ccc(F)cc1)CN1CCC(F)(F)CC1. The number of hydrogen-bond donors (Lipinski definition) is 1. The summed E-state index contributed by atoms with van der Waals surface area (Å²) in [6.07, 6.45) is -1.09. The molecule has 112 valence electrons. The molecule has 0 unspecified atom stereocenters. The summed E-state index contributed by atoms with van der Waals surface area (Å²) in [6, 6.07) is 5.50. The minimum absolute atomic E-state index is 0.0541. The van der Waals surface area contributed by atoms with Gasteiger partial charge in [0.05, 0.1) is 0 Å². The van der Waals surface area contributed by atoms with Gasteiger partial charge in [-0.15, -0.1) is 0 Å². The van der Waals surface area contributed by atoms with E-state index in [1.807, 2.05) is 0 Å². The minimum Gasteiger partial charge on any atom is -0.491 e. The number of nitrogens with zero attached hydrogens (tertiary/aromatic N) is 1. The van der Waals surface area contributed by atoms with Crippen LogP contribution in [-0.2, 0) is 0 Å². The predicted octanol–water partition coefficient (Wildman–Crippen LogP) is 2.30. The lowest BCUT2D eigenvalue weighted by molar-refractivity contribution is -0.0628. The number of β-amino-alcohol motifs (C(OH)–C–C–N with tert-alkyl or cyclic N) is 1. The van der Waals surface area contributed by atoms with Gasteiger partial charge in [-0.05, 0) is 24.3 Å². The van der Waals surface area contributed by atoms with E-state index in [2.05, 4.69) is 0 Å². The summed E-state index contributed by atoms with van der Waals surface area (Å²) in [6.45, 7) is 0.914. The third kappa shape index (κ3) is 4.68. The van der Waals surface area contributed by atoms with Crippen LogP contribution in [0.25, 0.3) is 0 Å². The van der Waals surface area contributed by atoms with Gasteiger partial charge in [0, 0.05) is 32.5 Å². The highest BCUT2D eigenvalue weighted by atomic mass is 19.3. The van der Waals surface area contributed by atoms with E-state index < -0.39 is 12.0 Å². The summed E-state index contributed by atoms with van der Waals surface area (Å²) < 4.78 is 43.9. The molecule has 1 fully saturated rings. The van der Waals surface area contributed by atoms with E-state index in [9.17, 15) is 18.3 Å². The highest BCUT2D eigenvalue weighted by Crippen LogP contribution is 2.27. The maximum atomic E-state index is 13.0. The molecule has 1 heterocycles. The van der Waals surface area contributed by atoms with Crippen molar-refractivity contribution in [1.29, 1.82) is 0 Å². The second kappa shape index (κ2) is 6.45. The number of benzene rings is 1. The van der Waals surface area contributed by atoms with Crippen molar-refractivity contribution < 1.29 is 23.0 Å². The molecule has 0 saturated carbocycles. The third-order valence-corrected chi connectivity index (χ3v) is 3.31. The molecule has 1 atom stereocenters. The molecule has 6 heteroatoms. The molecule has 20 heavy (non-hydrogen) atoms. The highest BCUT2D eigenvalue weighted by molar-refractivity contribution is 5.22. The smallest absolute Gasteiger partial charge is 0.250 e. The maximum Gasteiger partial charge on any atom is 0.250 e. The van der Waals surface area contributed by atoms with Gasteiger partial charge >= 0.3 is 0 Å². The Labute approximate surface area is 116 Å². The molecular formula is C14H18F3NO2. The number of aliphatic hydroxyl groups excluding tert-OH is 1. The van der Waals surface area contributed by atoms with Crippen LogP contribution in [0.2, 0.25) is 0 Å². The Balaban J connectivity index is 1.70. The van der Waals surface area contributed by atoms with Gasteiger partial charge in [0.25, 0.3) is 5.92 Å². The van der Waals surface area contributed by atoms with Crippen LogP contribution in [0.5, 0.6) is 5.75 Å². The molecule has 1 aromatic rings. The number of halogens is 3. The van der Waals surface area contributed by atoms with Crippen LogP contribution in [0.1, 0.15) is 12.8 Å². The molecule has 0 aromatic heterocycles. The van der Waals surface area contributed by atoms with E-state index in [0.717, 1.165) is 0 Å². The summed E-state index contributed by atoms with van der Waals surface area (Å²) in [4.78, 5) is 1.80. The van der Waals surface area contributed by atoms with Gasteiger partial charge in [-0.3, -0.25) is 0 Å². The molecule has 2 rings (SSSR count). The molecule has 1 saturated heterocycles. The lowest BCUT2D eigenvalue weighted by Crippen LogP contribution is -2.44. The Morgan fingerprint density at radius 2 is 1.80 bits per heavy atom. The van der Waals surface area contributed by atoms with E-state index in [1.165, 1.54) is 24.3 Å². The second-order valence-electron chi connectivity index (χ2n) is 5.08. The first kappa shape index (κ1) is 15.1. The van der Waals surface area contributed by atoms with Gasteiger partial charge in [-0.1, -0.05) is 0 Å². The second-order valence-corrected chi connectivity index (χ2v) is 5.08. The Kier molecular flexibility index (Phi) is 4.88. The summed E-state index contributed by atoms with van der Waals surface area (Å²) in [5.74, 6) is -2.46. The van der Waals surface area contributed by atoms with Crippen LogP contribution in [0.15, 0.2) is 24.3 Å². The molecule has 3 nitrogen and oxygen atoms in total. The van der Waals surface area contributed by atoms with Crippen molar-refractivity contribution in [2.45, 2.75) is 24.9 Å². The summed E-state index contributed by atoms with van der Waals surface area (Å²) in [5, 5.41) is 9.82. The average molecular weight is 289 g/mol. The zero-order valence-electron chi connectivity index (χ0n) is 11.1. The predicted molar refractivity (Wildman–Crippen MR) is 68.5 cm³/mol. The van der Waals surface area contributed by atoms with Crippen LogP contribution < -0.4 is 4.74 Å². The van der Waals surface area contributed by atoms with Gasteiger partial charge in [-0.25, -0.2) is 13.2 Å². The molecule has 0 bridgehead atoms. The Bertz CT molecular complexity index is 415. The number of alkyl halides is 2.